The number of rotatable bonds is 2. The second kappa shape index (κ2) is 6.05. The molecular weight excluding hydrogens is 391 g/mol. The third-order valence-electron chi connectivity index (χ3n) is 3.03. The lowest BCUT2D eigenvalue weighted by atomic mass is 10.1. The Kier molecular flexibility index (Phi) is 4.31. The maximum atomic E-state index is 6.36. The van der Waals surface area contributed by atoms with E-state index in [2.05, 4.69) is 25.9 Å². The highest BCUT2D eigenvalue weighted by atomic mass is 79.9. The Balaban J connectivity index is 2.18. The van der Waals surface area contributed by atoms with E-state index in [0.29, 0.717) is 21.7 Å². The van der Waals surface area contributed by atoms with Gasteiger partial charge >= 0.3 is 0 Å². The summed E-state index contributed by atoms with van der Waals surface area (Å²) in [5.74, 6) is 0.563. The molecule has 106 valence electrons. The fourth-order valence-corrected chi connectivity index (χ4v) is 3.93. The molecule has 0 atom stereocenters. The van der Waals surface area contributed by atoms with Gasteiger partial charge in [0.2, 0.25) is 0 Å². The van der Waals surface area contributed by atoms with Crippen LogP contribution in [0.25, 0.3) is 21.8 Å². The molecule has 6 heteroatoms. The summed E-state index contributed by atoms with van der Waals surface area (Å²) in [6.45, 7) is 2.01. The predicted molar refractivity (Wildman–Crippen MR) is 93.2 cm³/mol. The van der Waals surface area contributed by atoms with Gasteiger partial charge in [0.15, 0.2) is 5.82 Å². The molecule has 0 radical (unpaired) electrons. The summed E-state index contributed by atoms with van der Waals surface area (Å²) >= 11 is 17.8. The van der Waals surface area contributed by atoms with Gasteiger partial charge in [-0.25, -0.2) is 9.97 Å². The first-order valence-corrected chi connectivity index (χ1v) is 8.53. The van der Waals surface area contributed by atoms with Crippen LogP contribution in [-0.4, -0.2) is 9.97 Å². The Morgan fingerprint density at radius 3 is 2.29 bits per heavy atom. The number of nitrogens with zero attached hydrogens (tertiary/aromatic N) is 2. The van der Waals surface area contributed by atoms with Crippen molar-refractivity contribution in [3.63, 3.8) is 0 Å². The standard InChI is InChI=1S/C15H9BrCl2N2S/c1-8-6-7-21-12(8)15-19-13(17)11(14(18)20-15)9-4-2-3-5-10(9)16/h2-7H,1H3. The van der Waals surface area contributed by atoms with Gasteiger partial charge in [-0.15, -0.1) is 11.3 Å². The van der Waals surface area contributed by atoms with E-state index in [0.717, 1.165) is 20.5 Å². The molecule has 0 spiro atoms. The summed E-state index contributed by atoms with van der Waals surface area (Å²) in [6, 6.07) is 9.73. The second-order valence-corrected chi connectivity index (χ2v) is 6.90. The highest BCUT2D eigenvalue weighted by Gasteiger charge is 2.17. The molecule has 0 bridgehead atoms. The normalized spacial score (nSPS) is 10.9. The fraction of sp³-hybridized carbons (Fsp3) is 0.0667. The van der Waals surface area contributed by atoms with E-state index in [1.54, 1.807) is 11.3 Å². The van der Waals surface area contributed by atoms with Gasteiger partial charge in [0.05, 0.1) is 10.4 Å². The number of hydrogen-bond acceptors (Lipinski definition) is 3. The van der Waals surface area contributed by atoms with Crippen molar-refractivity contribution < 1.29 is 0 Å². The van der Waals surface area contributed by atoms with Crippen LogP contribution in [0.15, 0.2) is 40.2 Å². The van der Waals surface area contributed by atoms with Gasteiger partial charge in [0, 0.05) is 10.0 Å². The van der Waals surface area contributed by atoms with Crippen LogP contribution >= 0.6 is 50.5 Å². The number of hydrogen-bond donors (Lipinski definition) is 0. The fourth-order valence-electron chi connectivity index (χ4n) is 2.00. The summed E-state index contributed by atoms with van der Waals surface area (Å²) in [5.41, 5.74) is 2.63. The molecule has 1 aromatic carbocycles. The molecule has 2 aromatic heterocycles. The first kappa shape index (κ1) is 15.0. The van der Waals surface area contributed by atoms with Crippen LogP contribution in [0.4, 0.5) is 0 Å². The lowest BCUT2D eigenvalue weighted by molar-refractivity contribution is 1.18. The Morgan fingerprint density at radius 2 is 1.71 bits per heavy atom. The third-order valence-corrected chi connectivity index (χ3v) is 5.28. The van der Waals surface area contributed by atoms with E-state index in [1.165, 1.54) is 0 Å². The van der Waals surface area contributed by atoms with Gasteiger partial charge in [-0.1, -0.05) is 57.3 Å². The number of thiophene rings is 1. The Morgan fingerprint density at radius 1 is 1.05 bits per heavy atom. The first-order chi connectivity index (χ1) is 10.1. The molecule has 0 saturated carbocycles. The van der Waals surface area contributed by atoms with Crippen LogP contribution < -0.4 is 0 Å². The van der Waals surface area contributed by atoms with Crippen LogP contribution in [0, 0.1) is 6.92 Å². The lowest BCUT2D eigenvalue weighted by Crippen LogP contribution is -1.94. The van der Waals surface area contributed by atoms with Gasteiger partial charge in [0.1, 0.15) is 10.3 Å². The number of aryl methyl sites for hydroxylation is 1. The topological polar surface area (TPSA) is 25.8 Å². The molecule has 2 heterocycles. The van der Waals surface area contributed by atoms with Gasteiger partial charge in [-0.3, -0.25) is 0 Å². The minimum absolute atomic E-state index is 0.352. The summed E-state index contributed by atoms with van der Waals surface area (Å²) in [4.78, 5) is 9.81. The van der Waals surface area contributed by atoms with E-state index < -0.39 is 0 Å². The summed E-state index contributed by atoms with van der Waals surface area (Å²) in [6.07, 6.45) is 0. The van der Waals surface area contributed by atoms with Crippen molar-refractivity contribution >= 4 is 50.5 Å². The van der Waals surface area contributed by atoms with Crippen molar-refractivity contribution in [2.24, 2.45) is 0 Å². The smallest absolute Gasteiger partial charge is 0.172 e. The van der Waals surface area contributed by atoms with Crippen molar-refractivity contribution in [1.82, 2.24) is 9.97 Å². The minimum atomic E-state index is 0.352. The molecule has 3 rings (SSSR count). The Hall–Kier alpha value is -0.940. The maximum absolute atomic E-state index is 6.36. The summed E-state index contributed by atoms with van der Waals surface area (Å²) in [5, 5.41) is 2.70. The van der Waals surface area contributed by atoms with Crippen LogP contribution in [0.5, 0.6) is 0 Å². The van der Waals surface area contributed by atoms with Crippen molar-refractivity contribution in [2.45, 2.75) is 6.92 Å². The van der Waals surface area contributed by atoms with E-state index in [-0.39, 0.29) is 0 Å². The van der Waals surface area contributed by atoms with E-state index in [1.807, 2.05) is 42.6 Å². The molecule has 0 aliphatic rings. The number of benzene rings is 1. The monoisotopic (exact) mass is 398 g/mol. The Labute approximate surface area is 144 Å². The molecule has 0 saturated heterocycles. The zero-order valence-corrected chi connectivity index (χ0v) is 14.8. The van der Waals surface area contributed by atoms with Crippen LogP contribution in [-0.2, 0) is 0 Å². The molecule has 0 N–H and O–H groups in total. The molecule has 2 nitrogen and oxygen atoms in total. The van der Waals surface area contributed by atoms with E-state index >= 15 is 0 Å². The average molecular weight is 400 g/mol. The zero-order valence-electron chi connectivity index (χ0n) is 10.9. The second-order valence-electron chi connectivity index (χ2n) is 4.42. The lowest BCUT2D eigenvalue weighted by Gasteiger charge is -2.10. The molecule has 0 aliphatic heterocycles. The Bertz CT molecular complexity index is 794. The molecule has 0 fully saturated rings. The molecule has 0 amide bonds. The summed E-state index contributed by atoms with van der Waals surface area (Å²) in [7, 11) is 0. The van der Waals surface area contributed by atoms with E-state index in [4.69, 9.17) is 23.2 Å². The molecule has 3 aromatic rings. The van der Waals surface area contributed by atoms with Crippen LogP contribution in [0.2, 0.25) is 10.3 Å². The molecule has 0 aliphatic carbocycles. The molecule has 0 unspecified atom stereocenters. The largest absolute Gasteiger partial charge is 0.215 e. The molecular formula is C15H9BrCl2N2S. The third kappa shape index (κ3) is 2.86. The van der Waals surface area contributed by atoms with E-state index in [9.17, 15) is 0 Å². The van der Waals surface area contributed by atoms with Crippen molar-refractivity contribution in [2.75, 3.05) is 0 Å². The maximum Gasteiger partial charge on any atom is 0.172 e. The number of halogens is 3. The highest BCUT2D eigenvalue weighted by Crippen LogP contribution is 2.38. The highest BCUT2D eigenvalue weighted by molar-refractivity contribution is 9.10. The first-order valence-electron chi connectivity index (χ1n) is 6.10. The minimum Gasteiger partial charge on any atom is -0.215 e. The van der Waals surface area contributed by atoms with Crippen LogP contribution in [0.1, 0.15) is 5.56 Å². The van der Waals surface area contributed by atoms with Crippen LogP contribution in [0.3, 0.4) is 0 Å². The van der Waals surface area contributed by atoms with Gasteiger partial charge in [-0.05, 0) is 30.0 Å². The average Bonchev–Trinajstić information content (AvgIpc) is 2.86. The number of aromatic nitrogens is 2. The van der Waals surface area contributed by atoms with Gasteiger partial charge < -0.3 is 0 Å². The van der Waals surface area contributed by atoms with Crippen molar-refractivity contribution in [3.05, 3.63) is 56.1 Å². The summed E-state index contributed by atoms with van der Waals surface area (Å²) < 4.78 is 0.900. The quantitative estimate of drug-likeness (QED) is 0.476. The predicted octanol–water partition coefficient (Wildman–Crippen LogP) is 6.25. The van der Waals surface area contributed by atoms with Crippen molar-refractivity contribution in [3.8, 4) is 21.8 Å². The van der Waals surface area contributed by atoms with Crippen molar-refractivity contribution in [1.29, 1.82) is 0 Å². The SMILES string of the molecule is Cc1ccsc1-c1nc(Cl)c(-c2ccccc2Br)c(Cl)n1. The van der Waals surface area contributed by atoms with Gasteiger partial charge in [-0.2, -0.15) is 0 Å². The molecule has 21 heavy (non-hydrogen) atoms. The van der Waals surface area contributed by atoms with Gasteiger partial charge in [0.25, 0.3) is 0 Å². The zero-order chi connectivity index (χ0) is 15.0.